The molecule has 0 spiro atoms. The Labute approximate surface area is 247 Å². The fourth-order valence-corrected chi connectivity index (χ4v) is 5.36. The molecule has 0 bridgehead atoms. The molecule has 5 rings (SSSR count). The van der Waals surface area contributed by atoms with Gasteiger partial charge in [-0.15, -0.1) is 0 Å². The Morgan fingerprint density at radius 2 is 1.36 bits per heavy atom. The predicted octanol–water partition coefficient (Wildman–Crippen LogP) is 8.79. The van der Waals surface area contributed by atoms with Gasteiger partial charge in [-0.1, -0.05) is 97.2 Å². The van der Waals surface area contributed by atoms with Crippen LogP contribution in [-0.2, 0) is 17.1 Å². The third-order valence-electron chi connectivity index (χ3n) is 6.33. The Kier molecular flexibility index (Phi) is 12.3. The van der Waals surface area contributed by atoms with Gasteiger partial charge in [0, 0.05) is 34.1 Å². The predicted molar refractivity (Wildman–Crippen MR) is 163 cm³/mol. The van der Waals surface area contributed by atoms with Gasteiger partial charge >= 0.3 is 0 Å². The molecule has 0 aromatic heterocycles. The van der Waals surface area contributed by atoms with Crippen molar-refractivity contribution < 1.29 is 21.9 Å². The molecule has 1 N–H and O–H groups in total. The fourth-order valence-electron chi connectivity index (χ4n) is 4.23. The van der Waals surface area contributed by atoms with Crippen molar-refractivity contribution in [1.82, 2.24) is 4.90 Å². The van der Waals surface area contributed by atoms with E-state index in [9.17, 15) is 4.79 Å². The minimum absolute atomic E-state index is 0. The van der Waals surface area contributed by atoms with Gasteiger partial charge in [0.05, 0.1) is 0 Å². The summed E-state index contributed by atoms with van der Waals surface area (Å²) in [5, 5.41) is 3.18. The minimum Gasteiger partial charge on any atom is -0.748 e. The van der Waals surface area contributed by atoms with Crippen LogP contribution >= 0.6 is 11.8 Å². The van der Waals surface area contributed by atoms with Crippen molar-refractivity contribution >= 4 is 23.4 Å². The number of hydrogen-bond donors (Lipinski definition) is 1. The van der Waals surface area contributed by atoms with E-state index >= 15 is 0 Å². The molecule has 206 valence electrons. The van der Waals surface area contributed by atoms with Crippen LogP contribution in [0.3, 0.4) is 0 Å². The zero-order valence-corrected chi connectivity index (χ0v) is 24.3. The van der Waals surface area contributed by atoms with Crippen LogP contribution < -0.4 is 5.32 Å². The molecule has 0 fully saturated rings. The summed E-state index contributed by atoms with van der Waals surface area (Å²) in [5.74, 6) is 0.807. The van der Waals surface area contributed by atoms with Gasteiger partial charge < -0.3 is 35.6 Å². The summed E-state index contributed by atoms with van der Waals surface area (Å²) < 4.78 is 0. The van der Waals surface area contributed by atoms with E-state index in [1.165, 1.54) is 0 Å². The quantitative estimate of drug-likeness (QED) is 0.0827. The van der Waals surface area contributed by atoms with E-state index < -0.39 is 0 Å². The molecule has 5 aromatic rings. The Balaban J connectivity index is 0.000000630. The molecule has 0 saturated carbocycles. The molecule has 3 nitrogen and oxygen atoms in total. The number of carbonyl (C=O) groups is 1. The average Bonchev–Trinajstić information content (AvgIpc) is 3.70. The Morgan fingerprint density at radius 1 is 0.769 bits per heavy atom. The SMILES string of the molecule is CCN(CC)CS[c-]1cccc1NC(=O)c1cccc(-c2ccccc2)c1-c1ccccc1.[Fe].[cH-]1[cH-][cH-][cH-][cH-]1. The minimum atomic E-state index is -0.0949. The van der Waals surface area contributed by atoms with E-state index in [2.05, 4.69) is 60.5 Å². The summed E-state index contributed by atoms with van der Waals surface area (Å²) >= 11 is 1.76. The first-order valence-corrected chi connectivity index (χ1v) is 14.0. The van der Waals surface area contributed by atoms with E-state index in [1.54, 1.807) is 11.8 Å². The second-order valence-electron chi connectivity index (χ2n) is 8.76. The Bertz CT molecular complexity index is 1360. The summed E-state index contributed by atoms with van der Waals surface area (Å²) in [6.07, 6.45) is 0. The molecule has 0 unspecified atom stereocenters. The second-order valence-corrected chi connectivity index (χ2v) is 9.74. The Hall–Kier alpha value is -3.34. The van der Waals surface area contributed by atoms with Crippen LogP contribution in [-0.4, -0.2) is 29.8 Å². The van der Waals surface area contributed by atoms with Crippen LogP contribution in [0.1, 0.15) is 24.2 Å². The smallest absolute Gasteiger partial charge is 0.254 e. The average molecular weight is 575 g/mol. The van der Waals surface area contributed by atoms with Gasteiger partial charge in [0.15, 0.2) is 0 Å². The number of rotatable bonds is 9. The maximum Gasteiger partial charge on any atom is 0.254 e. The molecule has 39 heavy (non-hydrogen) atoms. The van der Waals surface area contributed by atoms with Crippen molar-refractivity contribution in [3.05, 3.63) is 133 Å². The molecule has 0 saturated heterocycles. The first-order valence-electron chi connectivity index (χ1n) is 13.0. The molecular formula is C34H34FeN2OS-6. The second kappa shape index (κ2) is 15.9. The molecule has 1 amide bonds. The molecule has 5 aromatic carbocycles. The van der Waals surface area contributed by atoms with Crippen molar-refractivity contribution in [3.8, 4) is 22.3 Å². The van der Waals surface area contributed by atoms with Gasteiger partial charge in [-0.25, -0.2) is 6.07 Å². The maximum atomic E-state index is 13.6. The van der Waals surface area contributed by atoms with Gasteiger partial charge in [0.2, 0.25) is 0 Å². The first-order chi connectivity index (χ1) is 18.7. The third-order valence-corrected chi connectivity index (χ3v) is 7.49. The number of amides is 1. The van der Waals surface area contributed by atoms with E-state index in [1.807, 2.05) is 91.0 Å². The van der Waals surface area contributed by atoms with Gasteiger partial charge in [-0.2, -0.15) is 23.9 Å². The zero-order valence-electron chi connectivity index (χ0n) is 22.4. The van der Waals surface area contributed by atoms with E-state index in [-0.39, 0.29) is 23.0 Å². The number of carbonyl (C=O) groups excluding carboxylic acids is 1. The van der Waals surface area contributed by atoms with Crippen molar-refractivity contribution in [1.29, 1.82) is 0 Å². The van der Waals surface area contributed by atoms with Crippen LogP contribution in [0.4, 0.5) is 5.69 Å². The van der Waals surface area contributed by atoms with Crippen molar-refractivity contribution in [2.75, 3.05) is 24.3 Å². The van der Waals surface area contributed by atoms with Gasteiger partial charge in [-0.3, -0.25) is 9.69 Å². The number of anilines is 1. The molecular weight excluding hydrogens is 540 g/mol. The summed E-state index contributed by atoms with van der Waals surface area (Å²) in [6, 6.07) is 42.4. The number of nitrogens with zero attached hydrogens (tertiary/aromatic N) is 1. The summed E-state index contributed by atoms with van der Waals surface area (Å²) in [5.41, 5.74) is 5.65. The van der Waals surface area contributed by atoms with Crippen LogP contribution in [0.5, 0.6) is 0 Å². The molecule has 0 radical (unpaired) electrons. The van der Waals surface area contributed by atoms with Crippen LogP contribution in [0.2, 0.25) is 0 Å². The maximum absolute atomic E-state index is 13.6. The van der Waals surface area contributed by atoms with Crippen molar-refractivity contribution in [2.45, 2.75) is 18.7 Å². The van der Waals surface area contributed by atoms with Gasteiger partial charge in [0.25, 0.3) is 5.91 Å². The van der Waals surface area contributed by atoms with Crippen LogP contribution in [0.15, 0.2) is 132 Å². The van der Waals surface area contributed by atoms with Crippen LogP contribution in [0, 0.1) is 0 Å². The summed E-state index contributed by atoms with van der Waals surface area (Å²) in [7, 11) is 0. The monoisotopic (exact) mass is 574 g/mol. The van der Waals surface area contributed by atoms with Gasteiger partial charge in [-0.05, 0) is 35.8 Å². The molecule has 0 aliphatic rings. The fraction of sp³-hybridized carbons (Fsp3) is 0.147. The van der Waals surface area contributed by atoms with Crippen molar-refractivity contribution in [2.24, 2.45) is 0 Å². The first kappa shape index (κ1) is 30.2. The van der Waals surface area contributed by atoms with E-state index in [4.69, 9.17) is 0 Å². The number of nitrogens with one attached hydrogen (secondary N) is 1. The number of thioether (sulfide) groups is 1. The Morgan fingerprint density at radius 3 is 1.95 bits per heavy atom. The van der Waals surface area contributed by atoms with Crippen LogP contribution in [0.25, 0.3) is 22.3 Å². The third kappa shape index (κ3) is 8.32. The van der Waals surface area contributed by atoms with Gasteiger partial charge in [0.1, 0.15) is 0 Å². The molecule has 0 atom stereocenters. The number of benzene rings is 3. The molecule has 0 aliphatic carbocycles. The molecule has 5 heteroatoms. The summed E-state index contributed by atoms with van der Waals surface area (Å²) in [4.78, 5) is 17.0. The molecule has 0 aliphatic heterocycles. The van der Waals surface area contributed by atoms with E-state index in [0.717, 1.165) is 51.8 Å². The normalized spacial score (nSPS) is 10.3. The topological polar surface area (TPSA) is 32.3 Å². The molecule has 0 heterocycles. The number of hydrogen-bond acceptors (Lipinski definition) is 3. The zero-order chi connectivity index (χ0) is 26.6. The largest absolute Gasteiger partial charge is 0.748 e. The van der Waals surface area contributed by atoms with E-state index in [0.29, 0.717) is 5.56 Å². The van der Waals surface area contributed by atoms with Crippen molar-refractivity contribution in [3.63, 3.8) is 0 Å². The summed E-state index contributed by atoms with van der Waals surface area (Å²) in [6.45, 7) is 6.36. The standard InChI is InChI=1S/C29H29N2OS.C5H5.Fe/c1-3-31(4-2)21-33-27-20-12-19-26(27)30-29(32)25-18-11-17-24(22-13-7-5-8-14-22)28(25)23-15-9-6-10-16-23;1-2-4-5-3-1;/h5-20H,3-4,21H2,1-2H3,(H,30,32);1-5H;/q-1;-5;.